The van der Waals surface area contributed by atoms with Crippen LogP contribution in [0.2, 0.25) is 54.4 Å². The number of fused-ring (bicyclic) bond motifs is 1. The second-order valence-electron chi connectivity index (χ2n) is 23.4. The maximum Gasteiger partial charge on any atom is 0.501 e. The first-order valence-electron chi connectivity index (χ1n) is 24.6. The molecule has 0 spiro atoms. The molecule has 6 rings (SSSR count). The van der Waals surface area contributed by atoms with Gasteiger partial charge in [0.1, 0.15) is 49.0 Å². The van der Waals surface area contributed by atoms with Crippen LogP contribution in [-0.2, 0) is 49.3 Å². The molecule has 5 N–H and O–H groups in total. The van der Waals surface area contributed by atoms with Crippen LogP contribution in [0, 0.1) is 0 Å². The number of hydrogen-bond donors (Lipinski definition) is 4. The second-order valence-corrected chi connectivity index (χ2v) is 38.9. The molecule has 2 unspecified atom stereocenters. The van der Waals surface area contributed by atoms with E-state index in [1.807, 2.05) is 4.57 Å². The van der Waals surface area contributed by atoms with E-state index < -0.39 is 103 Å². The normalized spacial score (nSPS) is 24.4. The number of rotatable bonds is 19. The number of esters is 1. The average Bonchev–Trinajstić information content (AvgIpc) is 3.84. The van der Waals surface area contributed by atoms with Crippen molar-refractivity contribution in [2.24, 2.45) is 0 Å². The van der Waals surface area contributed by atoms with Crippen LogP contribution in [0.3, 0.4) is 0 Å². The Kier molecular flexibility index (Phi) is 17.5. The van der Waals surface area contributed by atoms with Crippen LogP contribution in [0.15, 0.2) is 54.9 Å². The van der Waals surface area contributed by atoms with Crippen molar-refractivity contribution in [3.63, 3.8) is 0 Å². The van der Waals surface area contributed by atoms with E-state index in [1.54, 1.807) is 18.5 Å². The number of aromatic nitrogens is 4. The fraction of sp³-hybridized carbons (Fsp3) is 0.633. The van der Waals surface area contributed by atoms with Gasteiger partial charge in [-0.25, -0.2) is 4.98 Å². The SMILES string of the molecule is CC(=O)O[C@H]1C(Oc2ccccc2OS(=O)(=O)Oc2ccc(COc3nc(N)nc4c3ncn4[C@@H]3O[C@H](CO[Si](C)(C)C(C)(C)C)C(O[Si](C)(C)C(C)(C)C)[C@@H]3O[Si](C)(C)C(C)(C)C)cc2)O[C@H](CO)[C@H](O)[C@@H]1O. The maximum absolute atomic E-state index is 13.3. The van der Waals surface area contributed by atoms with E-state index in [4.69, 9.17) is 56.0 Å². The van der Waals surface area contributed by atoms with Gasteiger partial charge in [-0.2, -0.15) is 9.97 Å². The largest absolute Gasteiger partial charge is 0.501 e. The van der Waals surface area contributed by atoms with Crippen molar-refractivity contribution in [3.05, 3.63) is 60.4 Å². The van der Waals surface area contributed by atoms with Crippen molar-refractivity contribution in [1.29, 1.82) is 0 Å². The van der Waals surface area contributed by atoms with Gasteiger partial charge in [-0.05, 0) is 84.2 Å². The zero-order valence-corrected chi connectivity index (χ0v) is 49.3. The zero-order valence-electron chi connectivity index (χ0n) is 45.4. The molecule has 4 aromatic rings. The number of nitrogens with zero attached hydrogens (tertiary/aromatic N) is 4. The number of carbonyl (C=O) groups excluding carboxylic acids is 1. The molecule has 2 aliphatic rings. The van der Waals surface area contributed by atoms with Gasteiger partial charge in [-0.1, -0.05) is 86.6 Å². The topological polar surface area (TPSA) is 274 Å². The van der Waals surface area contributed by atoms with Crippen molar-refractivity contribution >= 4 is 58.4 Å². The van der Waals surface area contributed by atoms with Gasteiger partial charge in [0.2, 0.25) is 18.1 Å². The summed E-state index contributed by atoms with van der Waals surface area (Å²) in [5.74, 6) is -1.46. The molecule has 0 aliphatic carbocycles. The predicted octanol–water partition coefficient (Wildman–Crippen LogP) is 7.14. The quantitative estimate of drug-likeness (QED) is 0.0536. The minimum atomic E-state index is -4.82. The number of nitrogen functional groups attached to an aromatic ring is 1. The number of benzene rings is 2. The smallest absolute Gasteiger partial charge is 0.471 e. The third-order valence-electron chi connectivity index (χ3n) is 14.8. The number of carbonyl (C=O) groups is 1. The molecule has 21 nitrogen and oxygen atoms in total. The Hall–Kier alpha value is -4.26. The van der Waals surface area contributed by atoms with Gasteiger partial charge in [0, 0.05) is 6.92 Å². The molecule has 0 saturated carbocycles. The number of para-hydroxylation sites is 2. The first-order valence-corrected chi connectivity index (χ1v) is 34.7. The number of nitrogens with two attached hydrogens (primary N) is 1. The van der Waals surface area contributed by atoms with E-state index >= 15 is 0 Å². The first kappa shape index (κ1) is 59.0. The molecule has 25 heteroatoms. The minimum absolute atomic E-state index is 0.0418. The van der Waals surface area contributed by atoms with Gasteiger partial charge in [-0.3, -0.25) is 9.36 Å². The molecule has 2 fully saturated rings. The Balaban J connectivity index is 1.22. The number of aliphatic hydroxyl groups excluding tert-OH is 3. The maximum atomic E-state index is 13.3. The fourth-order valence-electron chi connectivity index (χ4n) is 7.32. The Morgan fingerprint density at radius 2 is 1.34 bits per heavy atom. The molecular weight excluding hydrogens is 1030 g/mol. The van der Waals surface area contributed by atoms with Gasteiger partial charge in [-0.15, -0.1) is 8.42 Å². The van der Waals surface area contributed by atoms with Gasteiger partial charge in [0.15, 0.2) is 59.9 Å². The Bertz CT molecular complexity index is 2690. The molecule has 2 aromatic carbocycles. The van der Waals surface area contributed by atoms with Crippen molar-refractivity contribution < 1.29 is 73.9 Å². The summed E-state index contributed by atoms with van der Waals surface area (Å²) in [5.41, 5.74) is 7.66. The lowest BCUT2D eigenvalue weighted by Crippen LogP contribution is -2.61. The summed E-state index contributed by atoms with van der Waals surface area (Å²) in [5, 5.41) is 30.4. The van der Waals surface area contributed by atoms with Crippen LogP contribution in [0.1, 0.15) is 81.0 Å². The molecule has 0 radical (unpaired) electrons. The summed E-state index contributed by atoms with van der Waals surface area (Å²) < 4.78 is 90.2. The number of aliphatic hydroxyl groups is 3. The van der Waals surface area contributed by atoms with Crippen LogP contribution in [0.5, 0.6) is 23.1 Å². The molecular formula is C49H77N5O16SSi3. The monoisotopic (exact) mass is 1110 g/mol. The van der Waals surface area contributed by atoms with Crippen LogP contribution >= 0.6 is 0 Å². The summed E-state index contributed by atoms with van der Waals surface area (Å²) in [6, 6.07) is 11.5. The highest BCUT2D eigenvalue weighted by atomic mass is 32.3. The third kappa shape index (κ3) is 13.5. The van der Waals surface area contributed by atoms with Crippen molar-refractivity contribution in [3.8, 4) is 23.1 Å². The van der Waals surface area contributed by atoms with E-state index in [1.165, 1.54) is 36.4 Å². The third-order valence-corrected chi connectivity index (χ3v) is 29.0. The molecule has 2 saturated heterocycles. The van der Waals surface area contributed by atoms with Crippen LogP contribution in [0.25, 0.3) is 11.2 Å². The highest BCUT2D eigenvalue weighted by molar-refractivity contribution is 7.82. The van der Waals surface area contributed by atoms with Gasteiger partial charge in [0.05, 0.1) is 19.5 Å². The lowest BCUT2D eigenvalue weighted by atomic mass is 9.99. The molecule has 9 atom stereocenters. The number of imidazole rings is 1. The lowest BCUT2D eigenvalue weighted by Gasteiger charge is -2.44. The molecule has 74 heavy (non-hydrogen) atoms. The Morgan fingerprint density at radius 1 is 0.757 bits per heavy atom. The summed E-state index contributed by atoms with van der Waals surface area (Å²) in [4.78, 5) is 25.6. The predicted molar refractivity (Wildman–Crippen MR) is 282 cm³/mol. The van der Waals surface area contributed by atoms with Crippen molar-refractivity contribution in [2.45, 2.75) is 185 Å². The molecule has 0 amide bonds. The van der Waals surface area contributed by atoms with Crippen LogP contribution in [-0.4, -0.2) is 136 Å². The number of anilines is 1. The highest BCUT2D eigenvalue weighted by Gasteiger charge is 2.55. The average molecular weight is 1110 g/mol. The molecule has 412 valence electrons. The van der Waals surface area contributed by atoms with E-state index in [9.17, 15) is 28.5 Å². The van der Waals surface area contributed by atoms with E-state index in [2.05, 4.69) is 112 Å². The highest BCUT2D eigenvalue weighted by Crippen LogP contribution is 2.47. The van der Waals surface area contributed by atoms with Crippen LogP contribution in [0.4, 0.5) is 5.95 Å². The standard InChI is InChI=1S/C49H77N5O16SSi3/c1-29(56)63-40-38(58)37(57)34(25-55)66-45(40)65-32-19-17-18-20-33(32)68-71(59,60)67-31-23-21-30(22-24-31)26-61-43-36-42(52-46(50)53-43)54(28-51-36)44-41(70-74(15,16)49(8,9)10)39(69-73(13,14)48(5,6)7)35(64-44)27-62-72(11,12)47(2,3)4/h17-24,28,34-35,37-41,44-45,55,57-58H,25-27H2,1-16H3,(H2,50,52,53)/t34-,35-,37+,38+,39?,40-,41+,44-,45?/m1/s1. The van der Waals surface area contributed by atoms with E-state index in [-0.39, 0.29) is 50.8 Å². The molecule has 0 bridgehead atoms. The van der Waals surface area contributed by atoms with E-state index in [0.717, 1.165) is 6.92 Å². The summed E-state index contributed by atoms with van der Waals surface area (Å²) >= 11 is 0. The number of hydrogen-bond acceptors (Lipinski definition) is 20. The van der Waals surface area contributed by atoms with Gasteiger partial charge >= 0.3 is 16.4 Å². The molecule has 2 aromatic heterocycles. The Morgan fingerprint density at radius 3 is 1.91 bits per heavy atom. The van der Waals surface area contributed by atoms with Gasteiger partial charge in [0.25, 0.3) is 0 Å². The zero-order chi connectivity index (χ0) is 55.1. The summed E-state index contributed by atoms with van der Waals surface area (Å²) in [7, 11) is -12.0. The molecule has 2 aliphatic heterocycles. The number of ether oxygens (including phenoxy) is 5. The van der Waals surface area contributed by atoms with Crippen LogP contribution < -0.4 is 23.6 Å². The first-order chi connectivity index (χ1) is 34.0. The summed E-state index contributed by atoms with van der Waals surface area (Å²) in [6.07, 6.45) is -8.50. The van der Waals surface area contributed by atoms with Crippen molar-refractivity contribution in [1.82, 2.24) is 19.5 Å². The Labute approximate surface area is 438 Å². The van der Waals surface area contributed by atoms with E-state index in [0.29, 0.717) is 23.3 Å². The van der Waals surface area contributed by atoms with Gasteiger partial charge < -0.3 is 66.4 Å². The fourth-order valence-corrected chi connectivity index (χ4v) is 11.7. The lowest BCUT2D eigenvalue weighted by molar-refractivity contribution is -0.282. The summed E-state index contributed by atoms with van der Waals surface area (Å²) in [6.45, 7) is 33.8. The minimum Gasteiger partial charge on any atom is -0.471 e. The van der Waals surface area contributed by atoms with Crippen molar-refractivity contribution in [2.75, 3.05) is 18.9 Å². The second kappa shape index (κ2) is 22.0. The molecule has 4 heterocycles.